The lowest BCUT2D eigenvalue weighted by Gasteiger charge is -2.11. The van der Waals surface area contributed by atoms with Crippen molar-refractivity contribution in [2.45, 2.75) is 39.2 Å². The third-order valence-corrected chi connectivity index (χ3v) is 5.63. The van der Waals surface area contributed by atoms with Gasteiger partial charge in [0.1, 0.15) is 15.4 Å². The molecular weight excluding hydrogens is 344 g/mol. The first kappa shape index (κ1) is 17.3. The van der Waals surface area contributed by atoms with Crippen LogP contribution in [0.1, 0.15) is 39.5 Å². The molecule has 0 atom stereocenters. The number of amides is 1. The molecule has 1 fully saturated rings. The van der Waals surface area contributed by atoms with Crippen LogP contribution in [-0.2, 0) is 11.8 Å². The molecule has 9 heteroatoms. The number of carbonyl (C=O) groups excluding carboxylic acids is 1. The third kappa shape index (κ3) is 2.84. The number of aliphatic carboxylic acids is 1. The molecule has 2 aromatic rings. The van der Waals surface area contributed by atoms with E-state index in [2.05, 4.69) is 15.4 Å². The van der Waals surface area contributed by atoms with Gasteiger partial charge in [-0.25, -0.2) is 14.5 Å². The molecule has 0 saturated heterocycles. The molecule has 0 bridgehead atoms. The number of aryl methyl sites for hydroxylation is 3. The minimum atomic E-state index is -1.16. The molecule has 1 amide bonds. The van der Waals surface area contributed by atoms with Crippen LogP contribution in [0.2, 0.25) is 0 Å². The standard InChI is InChI=1S/C16H18N4O4S/c1-7-8(2)19-20(4)14(22)10(7)13-17-9(3)11(25-13)12(21)18-16(5-6-16)15(23)24/h5-6H2,1-4H3,(H,18,21)(H,23,24). The van der Waals surface area contributed by atoms with E-state index in [0.717, 1.165) is 11.3 Å². The van der Waals surface area contributed by atoms with Crippen molar-refractivity contribution in [3.8, 4) is 10.6 Å². The van der Waals surface area contributed by atoms with Crippen molar-refractivity contribution in [1.29, 1.82) is 0 Å². The Labute approximate surface area is 147 Å². The lowest BCUT2D eigenvalue weighted by atomic mass is 10.1. The molecule has 0 aromatic carbocycles. The summed E-state index contributed by atoms with van der Waals surface area (Å²) in [7, 11) is 1.57. The fourth-order valence-corrected chi connectivity index (χ4v) is 3.66. The van der Waals surface area contributed by atoms with Crippen LogP contribution in [0.4, 0.5) is 0 Å². The van der Waals surface area contributed by atoms with Crippen molar-refractivity contribution in [2.75, 3.05) is 0 Å². The molecule has 0 aliphatic heterocycles. The average Bonchev–Trinajstić information content (AvgIpc) is 3.21. The molecule has 0 unspecified atom stereocenters. The summed E-state index contributed by atoms with van der Waals surface area (Å²) in [6.07, 6.45) is 0.837. The Morgan fingerprint density at radius 1 is 1.24 bits per heavy atom. The smallest absolute Gasteiger partial charge is 0.329 e. The Bertz CT molecular complexity index is 956. The number of hydrogen-bond acceptors (Lipinski definition) is 6. The molecule has 2 aromatic heterocycles. The Morgan fingerprint density at radius 3 is 2.44 bits per heavy atom. The highest BCUT2D eigenvalue weighted by atomic mass is 32.1. The van der Waals surface area contributed by atoms with Crippen LogP contribution in [0.15, 0.2) is 4.79 Å². The number of carbonyl (C=O) groups is 2. The number of carboxylic acids is 1. The van der Waals surface area contributed by atoms with Crippen LogP contribution in [0.3, 0.4) is 0 Å². The Kier molecular flexibility index (Phi) is 3.98. The lowest BCUT2D eigenvalue weighted by molar-refractivity contribution is -0.140. The van der Waals surface area contributed by atoms with Crippen LogP contribution in [0, 0.1) is 20.8 Å². The highest BCUT2D eigenvalue weighted by Gasteiger charge is 2.52. The summed E-state index contributed by atoms with van der Waals surface area (Å²) in [5.74, 6) is -1.50. The number of carboxylic acid groups (broad SMARTS) is 1. The van der Waals surface area contributed by atoms with Crippen molar-refractivity contribution < 1.29 is 14.7 Å². The van der Waals surface area contributed by atoms with Gasteiger partial charge in [-0.1, -0.05) is 0 Å². The van der Waals surface area contributed by atoms with Gasteiger partial charge in [0.2, 0.25) is 0 Å². The molecular formula is C16H18N4O4S. The van der Waals surface area contributed by atoms with E-state index < -0.39 is 17.4 Å². The van der Waals surface area contributed by atoms with Crippen LogP contribution in [0.25, 0.3) is 10.6 Å². The van der Waals surface area contributed by atoms with Crippen LogP contribution in [0.5, 0.6) is 0 Å². The van der Waals surface area contributed by atoms with Gasteiger partial charge in [0.25, 0.3) is 11.5 Å². The minimum absolute atomic E-state index is 0.284. The van der Waals surface area contributed by atoms with E-state index in [-0.39, 0.29) is 5.56 Å². The summed E-state index contributed by atoms with van der Waals surface area (Å²) in [5.41, 5.74) is 0.864. The van der Waals surface area contributed by atoms with Gasteiger partial charge in [0, 0.05) is 7.05 Å². The van der Waals surface area contributed by atoms with Gasteiger partial charge >= 0.3 is 5.97 Å². The predicted octanol–water partition coefficient (Wildman–Crippen LogP) is 1.18. The SMILES string of the molecule is Cc1nc(-c2c(C)c(C)nn(C)c2=O)sc1C(=O)NC1(C(=O)O)CC1. The minimum Gasteiger partial charge on any atom is -0.480 e. The molecule has 0 spiro atoms. The van der Waals surface area contributed by atoms with Crippen molar-refractivity contribution in [1.82, 2.24) is 20.1 Å². The molecule has 25 heavy (non-hydrogen) atoms. The van der Waals surface area contributed by atoms with Crippen molar-refractivity contribution >= 4 is 23.2 Å². The van der Waals surface area contributed by atoms with Crippen molar-refractivity contribution in [3.63, 3.8) is 0 Å². The Balaban J connectivity index is 2.01. The Hall–Kier alpha value is -2.55. The van der Waals surface area contributed by atoms with Gasteiger partial charge < -0.3 is 10.4 Å². The summed E-state index contributed by atoms with van der Waals surface area (Å²) in [5, 5.41) is 16.4. The zero-order chi connectivity index (χ0) is 18.5. The number of thiazole rings is 1. The van der Waals surface area contributed by atoms with Gasteiger partial charge in [0.15, 0.2) is 0 Å². The maximum atomic E-state index is 12.5. The van der Waals surface area contributed by atoms with Crippen LogP contribution >= 0.6 is 11.3 Å². The van der Waals surface area contributed by atoms with Crippen LogP contribution < -0.4 is 10.9 Å². The second-order valence-electron chi connectivity index (χ2n) is 6.29. The van der Waals surface area contributed by atoms with E-state index in [1.807, 2.05) is 0 Å². The highest BCUT2D eigenvalue weighted by molar-refractivity contribution is 7.17. The molecule has 8 nitrogen and oxygen atoms in total. The van der Waals surface area contributed by atoms with Gasteiger partial charge in [-0.15, -0.1) is 11.3 Å². The normalized spacial score (nSPS) is 15.0. The third-order valence-electron chi connectivity index (χ3n) is 4.45. The summed E-state index contributed by atoms with van der Waals surface area (Å²) in [6.45, 7) is 5.26. The second-order valence-corrected chi connectivity index (χ2v) is 7.29. The monoisotopic (exact) mass is 362 g/mol. The van der Waals surface area contributed by atoms with Gasteiger partial charge in [0.05, 0.1) is 17.0 Å². The topological polar surface area (TPSA) is 114 Å². The summed E-state index contributed by atoms with van der Waals surface area (Å²) >= 11 is 1.09. The quantitative estimate of drug-likeness (QED) is 0.844. The first-order chi connectivity index (χ1) is 11.7. The maximum Gasteiger partial charge on any atom is 0.329 e. The fraction of sp³-hybridized carbons (Fsp3) is 0.438. The number of rotatable bonds is 4. The van der Waals surface area contributed by atoms with E-state index in [4.69, 9.17) is 0 Å². The number of nitrogens with one attached hydrogen (secondary N) is 1. The number of aromatic nitrogens is 3. The van der Waals surface area contributed by atoms with E-state index in [1.54, 1.807) is 27.8 Å². The molecule has 2 heterocycles. The Morgan fingerprint density at radius 2 is 1.88 bits per heavy atom. The highest BCUT2D eigenvalue weighted by Crippen LogP contribution is 2.37. The number of hydrogen-bond donors (Lipinski definition) is 2. The average molecular weight is 362 g/mol. The van der Waals surface area contributed by atoms with Gasteiger partial charge in [-0.2, -0.15) is 5.10 Å². The second kappa shape index (κ2) is 5.76. The van der Waals surface area contributed by atoms with E-state index in [1.165, 1.54) is 4.68 Å². The maximum absolute atomic E-state index is 12.5. The molecule has 1 aliphatic carbocycles. The van der Waals surface area contributed by atoms with E-state index in [9.17, 15) is 19.5 Å². The van der Waals surface area contributed by atoms with Gasteiger partial charge in [-0.05, 0) is 39.2 Å². The van der Waals surface area contributed by atoms with E-state index >= 15 is 0 Å². The number of nitrogens with zero attached hydrogens (tertiary/aromatic N) is 3. The fourth-order valence-electron chi connectivity index (χ4n) is 2.61. The van der Waals surface area contributed by atoms with Crippen molar-refractivity contribution in [3.05, 3.63) is 32.2 Å². The van der Waals surface area contributed by atoms with E-state index in [0.29, 0.717) is 45.2 Å². The largest absolute Gasteiger partial charge is 0.480 e. The predicted molar refractivity (Wildman–Crippen MR) is 91.9 cm³/mol. The molecule has 1 aliphatic rings. The van der Waals surface area contributed by atoms with Crippen LogP contribution in [-0.4, -0.2) is 37.3 Å². The molecule has 0 radical (unpaired) electrons. The summed E-state index contributed by atoms with van der Waals surface area (Å²) in [4.78, 5) is 40.9. The lowest BCUT2D eigenvalue weighted by Crippen LogP contribution is -2.42. The first-order valence-electron chi connectivity index (χ1n) is 7.74. The van der Waals surface area contributed by atoms with Crippen molar-refractivity contribution in [2.24, 2.45) is 7.05 Å². The van der Waals surface area contributed by atoms with Gasteiger partial charge in [-0.3, -0.25) is 9.59 Å². The molecule has 3 rings (SSSR count). The molecule has 1 saturated carbocycles. The zero-order valence-corrected chi connectivity index (χ0v) is 15.2. The summed E-state index contributed by atoms with van der Waals surface area (Å²) < 4.78 is 1.25. The summed E-state index contributed by atoms with van der Waals surface area (Å²) in [6, 6.07) is 0. The molecule has 132 valence electrons. The zero-order valence-electron chi connectivity index (χ0n) is 14.3. The first-order valence-corrected chi connectivity index (χ1v) is 8.56. The molecule has 2 N–H and O–H groups in total.